The first-order valence-electron chi connectivity index (χ1n) is 14.5. The van der Waals surface area contributed by atoms with E-state index in [9.17, 15) is 14.4 Å². The molecule has 9 nitrogen and oxygen atoms in total. The van der Waals surface area contributed by atoms with Crippen molar-refractivity contribution in [3.63, 3.8) is 0 Å². The summed E-state index contributed by atoms with van der Waals surface area (Å²) >= 11 is 0. The van der Waals surface area contributed by atoms with Gasteiger partial charge in [-0.3, -0.25) is 14.4 Å². The molecule has 3 aromatic rings. The van der Waals surface area contributed by atoms with Crippen LogP contribution in [-0.2, 0) is 32.3 Å². The zero-order valence-corrected chi connectivity index (χ0v) is 24.4. The number of aromatic nitrogens is 1. The van der Waals surface area contributed by atoms with Gasteiger partial charge in [0.15, 0.2) is 6.29 Å². The van der Waals surface area contributed by atoms with Gasteiger partial charge in [0.1, 0.15) is 6.04 Å². The third kappa shape index (κ3) is 6.31. The van der Waals surface area contributed by atoms with E-state index >= 15 is 0 Å². The van der Waals surface area contributed by atoms with Gasteiger partial charge in [0.2, 0.25) is 11.8 Å². The van der Waals surface area contributed by atoms with E-state index in [-0.39, 0.29) is 24.3 Å². The minimum absolute atomic E-state index is 0.00786. The van der Waals surface area contributed by atoms with Crippen LogP contribution in [-0.4, -0.2) is 64.1 Å². The van der Waals surface area contributed by atoms with Crippen molar-refractivity contribution < 1.29 is 24.0 Å². The summed E-state index contributed by atoms with van der Waals surface area (Å²) in [6, 6.07) is 15.1. The highest BCUT2D eigenvalue weighted by atomic mass is 16.8. The maximum absolute atomic E-state index is 13.3. The fourth-order valence-electron chi connectivity index (χ4n) is 5.77. The van der Waals surface area contributed by atoms with E-state index in [1.54, 1.807) is 21.9 Å². The average Bonchev–Trinajstić information content (AvgIpc) is 3.23. The SMILES string of the molecule is Cc1c(CN2C(=O)CN(CC(C)C)C(=O)C2C)n(Cc2ccc(C(=O)NOC3CCCCO3)cc2)c2ccccc12. The molecule has 1 N–H and O–H groups in total. The molecule has 0 bridgehead atoms. The predicted molar refractivity (Wildman–Crippen MR) is 156 cm³/mol. The van der Waals surface area contributed by atoms with Gasteiger partial charge in [-0.1, -0.05) is 44.2 Å². The highest BCUT2D eigenvalue weighted by Crippen LogP contribution is 2.29. The second kappa shape index (κ2) is 12.4. The minimum atomic E-state index is -0.528. The molecule has 3 heterocycles. The largest absolute Gasteiger partial charge is 0.350 e. The number of hydroxylamine groups is 1. The van der Waals surface area contributed by atoms with Crippen LogP contribution < -0.4 is 5.48 Å². The van der Waals surface area contributed by atoms with Crippen LogP contribution >= 0.6 is 0 Å². The maximum atomic E-state index is 13.3. The highest BCUT2D eigenvalue weighted by Gasteiger charge is 2.37. The van der Waals surface area contributed by atoms with Crippen molar-refractivity contribution in [3.05, 3.63) is 70.9 Å². The lowest BCUT2D eigenvalue weighted by atomic mass is 10.1. The van der Waals surface area contributed by atoms with Crippen molar-refractivity contribution in [1.29, 1.82) is 0 Å². The van der Waals surface area contributed by atoms with Crippen LogP contribution in [0.2, 0.25) is 0 Å². The summed E-state index contributed by atoms with van der Waals surface area (Å²) in [5.41, 5.74) is 7.17. The molecule has 0 radical (unpaired) electrons. The van der Waals surface area contributed by atoms with E-state index in [1.165, 1.54) is 0 Å². The molecule has 0 saturated carbocycles. The first-order valence-corrected chi connectivity index (χ1v) is 14.5. The first-order chi connectivity index (χ1) is 19.7. The van der Waals surface area contributed by atoms with Crippen molar-refractivity contribution in [1.82, 2.24) is 19.8 Å². The average molecular weight is 561 g/mol. The number of ether oxygens (including phenoxy) is 1. The number of hydrogen-bond acceptors (Lipinski definition) is 5. The Bertz CT molecular complexity index is 1410. The monoisotopic (exact) mass is 560 g/mol. The van der Waals surface area contributed by atoms with Crippen molar-refractivity contribution in [3.8, 4) is 0 Å². The van der Waals surface area contributed by atoms with Gasteiger partial charge in [0.25, 0.3) is 5.91 Å². The van der Waals surface area contributed by atoms with Crippen LogP contribution in [0, 0.1) is 12.8 Å². The Kier molecular flexibility index (Phi) is 8.75. The number of piperazine rings is 1. The Balaban J connectivity index is 1.34. The lowest BCUT2D eigenvalue weighted by molar-refractivity contribution is -0.186. The van der Waals surface area contributed by atoms with Crippen molar-refractivity contribution in [2.45, 2.75) is 72.4 Å². The van der Waals surface area contributed by atoms with Crippen LogP contribution in [0.5, 0.6) is 0 Å². The molecule has 1 aromatic heterocycles. The van der Waals surface area contributed by atoms with Gasteiger partial charge < -0.3 is 19.1 Å². The van der Waals surface area contributed by atoms with E-state index in [0.717, 1.165) is 47.0 Å². The summed E-state index contributed by atoms with van der Waals surface area (Å²) in [7, 11) is 0. The lowest BCUT2D eigenvalue weighted by Gasteiger charge is -2.39. The second-order valence-corrected chi connectivity index (χ2v) is 11.5. The summed E-state index contributed by atoms with van der Waals surface area (Å²) in [5.74, 6) is -0.0645. The minimum Gasteiger partial charge on any atom is -0.350 e. The number of carbonyl (C=O) groups excluding carboxylic acids is 3. The number of hydrogen-bond donors (Lipinski definition) is 1. The molecule has 2 unspecified atom stereocenters. The number of aryl methyl sites for hydroxylation is 1. The van der Waals surface area contributed by atoms with Crippen LogP contribution in [0.15, 0.2) is 48.5 Å². The third-order valence-electron chi connectivity index (χ3n) is 8.02. The molecule has 2 aliphatic rings. The number of fused-ring (bicyclic) bond motifs is 1. The molecule has 2 aromatic carbocycles. The van der Waals surface area contributed by atoms with Gasteiger partial charge in [-0.25, -0.2) is 10.3 Å². The Labute approximate surface area is 241 Å². The lowest BCUT2D eigenvalue weighted by Crippen LogP contribution is -2.59. The molecule has 2 atom stereocenters. The number of nitrogens with one attached hydrogen (secondary N) is 1. The molecule has 218 valence electrons. The third-order valence-corrected chi connectivity index (χ3v) is 8.02. The summed E-state index contributed by atoms with van der Waals surface area (Å²) in [4.78, 5) is 47.8. The van der Waals surface area contributed by atoms with E-state index in [2.05, 4.69) is 43.0 Å². The van der Waals surface area contributed by atoms with E-state index in [4.69, 9.17) is 9.57 Å². The molecule has 9 heteroatoms. The van der Waals surface area contributed by atoms with Crippen LogP contribution in [0.1, 0.15) is 67.2 Å². The fourth-order valence-corrected chi connectivity index (χ4v) is 5.77. The Morgan fingerprint density at radius 3 is 2.54 bits per heavy atom. The zero-order valence-electron chi connectivity index (χ0n) is 24.4. The van der Waals surface area contributed by atoms with E-state index < -0.39 is 12.3 Å². The number of nitrogens with zero attached hydrogens (tertiary/aromatic N) is 3. The summed E-state index contributed by atoms with van der Waals surface area (Å²) in [5, 5.41) is 1.12. The number of rotatable bonds is 9. The zero-order chi connectivity index (χ0) is 29.1. The summed E-state index contributed by atoms with van der Waals surface area (Å²) < 4.78 is 7.72. The van der Waals surface area contributed by atoms with Crippen LogP contribution in [0.25, 0.3) is 10.9 Å². The van der Waals surface area contributed by atoms with Crippen LogP contribution in [0.4, 0.5) is 0 Å². The summed E-state index contributed by atoms with van der Waals surface area (Å²) in [6.07, 6.45) is 2.38. The molecule has 3 amide bonds. The predicted octanol–water partition coefficient (Wildman–Crippen LogP) is 4.40. The van der Waals surface area contributed by atoms with Gasteiger partial charge in [-0.15, -0.1) is 0 Å². The smallest absolute Gasteiger partial charge is 0.274 e. The standard InChI is InChI=1S/C32H40N4O5/c1-21(2)17-34-20-29(37)35(23(4)32(34)39)19-28-22(3)26-9-5-6-10-27(26)36(28)18-24-12-14-25(15-13-24)31(38)33-41-30-11-7-8-16-40-30/h5-6,9-10,12-15,21,23,30H,7-8,11,16-20H2,1-4H3,(H,33,38). The summed E-state index contributed by atoms with van der Waals surface area (Å²) in [6.45, 7) is 10.2. The second-order valence-electron chi connectivity index (χ2n) is 11.5. The number of amides is 3. The molecular weight excluding hydrogens is 520 g/mol. The highest BCUT2D eigenvalue weighted by molar-refractivity contribution is 5.95. The number of para-hydroxylation sites is 1. The van der Waals surface area contributed by atoms with Gasteiger partial charge in [-0.05, 0) is 61.9 Å². The van der Waals surface area contributed by atoms with Gasteiger partial charge >= 0.3 is 0 Å². The van der Waals surface area contributed by atoms with Crippen molar-refractivity contribution in [2.75, 3.05) is 19.7 Å². The Morgan fingerprint density at radius 2 is 1.83 bits per heavy atom. The first kappa shape index (κ1) is 28.8. The van der Waals surface area contributed by atoms with Crippen LogP contribution in [0.3, 0.4) is 0 Å². The molecule has 5 rings (SSSR count). The molecule has 2 aliphatic heterocycles. The quantitative estimate of drug-likeness (QED) is 0.392. The number of carbonyl (C=O) groups is 3. The maximum Gasteiger partial charge on any atom is 0.274 e. The van der Waals surface area contributed by atoms with Crippen molar-refractivity contribution >= 4 is 28.6 Å². The van der Waals surface area contributed by atoms with Gasteiger partial charge in [0, 0.05) is 48.3 Å². The van der Waals surface area contributed by atoms with E-state index in [1.807, 2.05) is 31.2 Å². The molecule has 0 spiro atoms. The molecular formula is C32H40N4O5. The normalized spacial score (nSPS) is 19.8. The van der Waals surface area contributed by atoms with Gasteiger partial charge in [0.05, 0.1) is 13.1 Å². The fraction of sp³-hybridized carbons (Fsp3) is 0.469. The Hall–Kier alpha value is -3.69. The molecule has 0 aliphatic carbocycles. The number of benzene rings is 2. The van der Waals surface area contributed by atoms with Crippen molar-refractivity contribution in [2.24, 2.45) is 5.92 Å². The molecule has 2 fully saturated rings. The van der Waals surface area contributed by atoms with Gasteiger partial charge in [-0.2, -0.15) is 0 Å². The Morgan fingerprint density at radius 1 is 1.07 bits per heavy atom. The topological polar surface area (TPSA) is 93.1 Å². The molecule has 2 saturated heterocycles. The van der Waals surface area contributed by atoms with E-state index in [0.29, 0.717) is 37.7 Å². The molecule has 41 heavy (non-hydrogen) atoms.